The Morgan fingerprint density at radius 3 is 1.81 bits per heavy atom. The molecule has 0 aliphatic rings. The van der Waals surface area contributed by atoms with Crippen LogP contribution in [0.25, 0.3) is 22.5 Å². The van der Waals surface area contributed by atoms with Gasteiger partial charge in [-0.15, -0.1) is 11.3 Å². The van der Waals surface area contributed by atoms with E-state index in [4.69, 9.17) is 10.1 Å². The van der Waals surface area contributed by atoms with E-state index in [1.807, 2.05) is 17.8 Å². The molecule has 3 nitrogen and oxygen atoms in total. The van der Waals surface area contributed by atoms with Gasteiger partial charge in [0.05, 0.1) is 10.6 Å². The molecule has 180 valence electrons. The summed E-state index contributed by atoms with van der Waals surface area (Å²) < 4.78 is 1.89. The van der Waals surface area contributed by atoms with E-state index in [0.29, 0.717) is 0 Å². The van der Waals surface area contributed by atoms with Crippen molar-refractivity contribution in [1.29, 1.82) is 0 Å². The van der Waals surface area contributed by atoms with E-state index in [-0.39, 0.29) is 6.71 Å². The Morgan fingerprint density at radius 1 is 0.750 bits per heavy atom. The van der Waals surface area contributed by atoms with Gasteiger partial charge in [0.2, 0.25) is 0 Å². The molecule has 2 aromatic heterocycles. The third-order valence-corrected chi connectivity index (χ3v) is 7.88. The van der Waals surface area contributed by atoms with Crippen molar-refractivity contribution in [3.05, 3.63) is 99.6 Å². The summed E-state index contributed by atoms with van der Waals surface area (Å²) in [4.78, 5) is 6.43. The molecule has 2 heterocycles. The summed E-state index contributed by atoms with van der Waals surface area (Å²) >= 11 is 1.75. The molecule has 0 radical (unpaired) electrons. The predicted octanol–water partition coefficient (Wildman–Crippen LogP) is 5.58. The second-order valence-corrected chi connectivity index (χ2v) is 10.9. The maximum absolute atomic E-state index is 5.31. The van der Waals surface area contributed by atoms with Crippen molar-refractivity contribution >= 4 is 33.9 Å². The van der Waals surface area contributed by atoms with E-state index < -0.39 is 0 Å². The quantitative estimate of drug-likeness (QED) is 0.302. The minimum absolute atomic E-state index is 0.0850. The van der Waals surface area contributed by atoms with Crippen LogP contribution in [0.15, 0.2) is 66.2 Å². The Bertz CT molecular complexity index is 1460. The average Bonchev–Trinajstić information content (AvgIpc) is 3.44. The standard InChI is InChI=1S/C31H32BN3S/c1-19-13-21(3)28(22(4)14-19)32(29-23(5)15-20(2)16-24(29)6)31-33-27(18-36-31)26-17-35(7)34-30(26)25-11-9-8-10-12-25/h8-18H,1-7H3. The molecule has 0 atom stereocenters. The van der Waals surface area contributed by atoms with Crippen molar-refractivity contribution in [2.45, 2.75) is 41.5 Å². The minimum Gasteiger partial charge on any atom is -0.274 e. The minimum atomic E-state index is 0.0850. The van der Waals surface area contributed by atoms with Gasteiger partial charge in [0.25, 0.3) is 6.71 Å². The van der Waals surface area contributed by atoms with Gasteiger partial charge in [0.15, 0.2) is 0 Å². The van der Waals surface area contributed by atoms with Crippen LogP contribution in [0, 0.1) is 41.5 Å². The molecule has 0 spiro atoms. The molecule has 0 aliphatic heterocycles. The van der Waals surface area contributed by atoms with Crippen LogP contribution in [0.5, 0.6) is 0 Å². The first kappa shape index (κ1) is 24.3. The Morgan fingerprint density at radius 2 is 1.28 bits per heavy atom. The molecule has 5 rings (SSSR count). The van der Waals surface area contributed by atoms with Crippen molar-refractivity contribution < 1.29 is 0 Å². The number of thiazole rings is 1. The molecule has 0 saturated heterocycles. The highest BCUT2D eigenvalue weighted by molar-refractivity contribution is 7.25. The van der Waals surface area contributed by atoms with Crippen LogP contribution in [-0.2, 0) is 7.05 Å². The first-order valence-corrected chi connectivity index (χ1v) is 13.3. The average molecular weight is 489 g/mol. The van der Waals surface area contributed by atoms with Gasteiger partial charge in [0.1, 0.15) is 5.69 Å². The van der Waals surface area contributed by atoms with Crippen molar-refractivity contribution in [2.75, 3.05) is 0 Å². The zero-order valence-corrected chi connectivity index (χ0v) is 23.0. The zero-order chi connectivity index (χ0) is 25.6. The van der Waals surface area contributed by atoms with Gasteiger partial charge in [-0.2, -0.15) is 5.10 Å². The molecule has 0 bridgehead atoms. The van der Waals surface area contributed by atoms with Crippen LogP contribution in [0.4, 0.5) is 0 Å². The first-order valence-electron chi connectivity index (χ1n) is 12.4. The molecule has 0 aliphatic carbocycles. The number of hydrogen-bond donors (Lipinski definition) is 0. The van der Waals surface area contributed by atoms with E-state index in [9.17, 15) is 0 Å². The molecule has 0 unspecified atom stereocenters. The Hall–Kier alpha value is -3.44. The monoisotopic (exact) mass is 489 g/mol. The van der Waals surface area contributed by atoms with Gasteiger partial charge < -0.3 is 0 Å². The van der Waals surface area contributed by atoms with E-state index in [0.717, 1.165) is 27.4 Å². The van der Waals surface area contributed by atoms with Gasteiger partial charge in [-0.05, 0) is 41.5 Å². The zero-order valence-electron chi connectivity index (χ0n) is 22.2. The number of rotatable bonds is 5. The summed E-state index contributed by atoms with van der Waals surface area (Å²) in [5, 5.41) is 6.98. The highest BCUT2D eigenvalue weighted by Gasteiger charge is 2.31. The summed E-state index contributed by atoms with van der Waals surface area (Å²) in [6.45, 7) is 13.4. The van der Waals surface area contributed by atoms with Crippen molar-refractivity contribution in [3.8, 4) is 22.5 Å². The molecule has 0 saturated carbocycles. The Balaban J connectivity index is 1.71. The summed E-state index contributed by atoms with van der Waals surface area (Å²) in [7, 11) is 1.98. The van der Waals surface area contributed by atoms with Crippen molar-refractivity contribution in [3.63, 3.8) is 0 Å². The van der Waals surface area contributed by atoms with E-state index >= 15 is 0 Å². The van der Waals surface area contributed by atoms with Crippen LogP contribution in [0.1, 0.15) is 33.4 Å². The van der Waals surface area contributed by atoms with E-state index in [1.54, 1.807) is 11.3 Å². The van der Waals surface area contributed by atoms with Crippen LogP contribution >= 0.6 is 11.3 Å². The second-order valence-electron chi connectivity index (χ2n) is 10.1. The van der Waals surface area contributed by atoms with Crippen LogP contribution < -0.4 is 15.8 Å². The molecule has 3 aromatic carbocycles. The number of aryl methyl sites for hydroxylation is 7. The molecule has 5 heteroatoms. The lowest BCUT2D eigenvalue weighted by Crippen LogP contribution is -2.55. The van der Waals surface area contributed by atoms with Gasteiger partial charge in [-0.1, -0.05) is 98.9 Å². The van der Waals surface area contributed by atoms with Crippen molar-refractivity contribution in [2.24, 2.45) is 7.05 Å². The third-order valence-electron chi connectivity index (χ3n) is 6.97. The third kappa shape index (κ3) is 4.44. The fourth-order valence-corrected chi connectivity index (χ4v) is 6.65. The lowest BCUT2D eigenvalue weighted by atomic mass is 9.38. The molecule has 5 aromatic rings. The fourth-order valence-electron chi connectivity index (χ4n) is 5.71. The van der Waals surface area contributed by atoms with Crippen LogP contribution in [-0.4, -0.2) is 21.5 Å². The fraction of sp³-hybridized carbons (Fsp3) is 0.226. The van der Waals surface area contributed by atoms with Gasteiger partial charge in [-0.25, -0.2) is 0 Å². The summed E-state index contributed by atoms with van der Waals surface area (Å²) in [5.41, 5.74) is 14.7. The van der Waals surface area contributed by atoms with Gasteiger partial charge in [-0.3, -0.25) is 9.67 Å². The summed E-state index contributed by atoms with van der Waals surface area (Å²) in [5.74, 6) is 0. The molecule has 0 fully saturated rings. The summed E-state index contributed by atoms with van der Waals surface area (Å²) in [6, 6.07) is 19.6. The van der Waals surface area contributed by atoms with Gasteiger partial charge in [0, 0.05) is 29.8 Å². The number of hydrogen-bond acceptors (Lipinski definition) is 3. The van der Waals surface area contributed by atoms with Crippen LogP contribution in [0.3, 0.4) is 0 Å². The lowest BCUT2D eigenvalue weighted by Gasteiger charge is -2.22. The highest BCUT2D eigenvalue weighted by Crippen LogP contribution is 2.30. The second kappa shape index (κ2) is 9.55. The van der Waals surface area contributed by atoms with Crippen molar-refractivity contribution in [1.82, 2.24) is 14.8 Å². The Kier molecular flexibility index (Phi) is 6.44. The lowest BCUT2D eigenvalue weighted by molar-refractivity contribution is 0.771. The normalized spacial score (nSPS) is 11.2. The highest BCUT2D eigenvalue weighted by atomic mass is 32.1. The van der Waals surface area contributed by atoms with Crippen LogP contribution in [0.2, 0.25) is 0 Å². The summed E-state index contributed by atoms with van der Waals surface area (Å²) in [6.07, 6.45) is 2.08. The molecular formula is C31H32BN3S. The first-order chi connectivity index (χ1) is 17.2. The smallest absolute Gasteiger partial charge is 0.274 e. The maximum Gasteiger partial charge on any atom is 0.279 e. The molecular weight excluding hydrogens is 457 g/mol. The van der Waals surface area contributed by atoms with E-state index in [1.165, 1.54) is 44.3 Å². The largest absolute Gasteiger partial charge is 0.279 e. The number of benzene rings is 3. The Labute approximate surface area is 219 Å². The van der Waals surface area contributed by atoms with Gasteiger partial charge >= 0.3 is 0 Å². The number of aromatic nitrogens is 3. The maximum atomic E-state index is 5.31. The molecule has 0 N–H and O–H groups in total. The molecule has 0 amide bonds. The topological polar surface area (TPSA) is 30.7 Å². The SMILES string of the molecule is Cc1cc(C)c(B(c2nc(-c3cn(C)nc3-c3ccccc3)cs2)c2c(C)cc(C)cc2C)c(C)c1. The number of nitrogens with zero attached hydrogens (tertiary/aromatic N) is 3. The molecule has 36 heavy (non-hydrogen) atoms. The predicted molar refractivity (Wildman–Crippen MR) is 156 cm³/mol. The van der Waals surface area contributed by atoms with E-state index in [2.05, 4.69) is 102 Å².